The Balaban J connectivity index is 1.93. The van der Waals surface area contributed by atoms with Gasteiger partial charge in [0.2, 0.25) is 5.56 Å². The minimum Gasteiger partial charge on any atom is -0.380 e. The summed E-state index contributed by atoms with van der Waals surface area (Å²) in [5.74, 6) is -0.840. The van der Waals surface area contributed by atoms with Gasteiger partial charge in [-0.1, -0.05) is 6.92 Å². The van der Waals surface area contributed by atoms with E-state index < -0.39 is 11.4 Å². The minimum atomic E-state index is -0.456. The van der Waals surface area contributed by atoms with E-state index in [4.69, 9.17) is 4.74 Å². The molecule has 6 heteroatoms. The highest BCUT2D eigenvalue weighted by Crippen LogP contribution is 2.25. The lowest BCUT2D eigenvalue weighted by atomic mass is 9.88. The Morgan fingerprint density at radius 3 is 2.86 bits per heavy atom. The van der Waals surface area contributed by atoms with Gasteiger partial charge in [0.05, 0.1) is 18.8 Å². The Kier molecular flexibility index (Phi) is 3.25. The number of carbonyl (C=O) groups excluding carboxylic acids is 1. The van der Waals surface area contributed by atoms with Crippen molar-refractivity contribution in [3.8, 4) is 0 Å². The predicted octanol–water partition coefficient (Wildman–Crippen LogP) is 1.43. The van der Waals surface area contributed by atoms with E-state index >= 15 is 0 Å². The van der Waals surface area contributed by atoms with Crippen molar-refractivity contribution in [3.63, 3.8) is 0 Å². The number of aromatic amines is 1. The molecule has 2 heterocycles. The summed E-state index contributed by atoms with van der Waals surface area (Å²) in [5.41, 5.74) is 0.152. The molecule has 1 fully saturated rings. The van der Waals surface area contributed by atoms with E-state index in [2.05, 4.69) is 10.3 Å². The smallest absolute Gasteiger partial charge is 0.252 e. The molecular formula is C15H15FN2O3. The first-order valence-electron chi connectivity index (χ1n) is 6.65. The zero-order chi connectivity index (χ0) is 15.0. The molecule has 1 aliphatic heterocycles. The van der Waals surface area contributed by atoms with Crippen molar-refractivity contribution in [2.45, 2.75) is 6.92 Å². The van der Waals surface area contributed by atoms with Gasteiger partial charge in [0.15, 0.2) is 0 Å². The Labute approximate surface area is 120 Å². The number of aromatic nitrogens is 1. The van der Waals surface area contributed by atoms with Crippen molar-refractivity contribution < 1.29 is 13.9 Å². The van der Waals surface area contributed by atoms with Gasteiger partial charge in [0, 0.05) is 28.9 Å². The topological polar surface area (TPSA) is 71.2 Å². The second kappa shape index (κ2) is 4.96. The number of pyridine rings is 1. The summed E-state index contributed by atoms with van der Waals surface area (Å²) >= 11 is 0. The zero-order valence-corrected chi connectivity index (χ0v) is 11.5. The van der Waals surface area contributed by atoms with Crippen LogP contribution in [-0.2, 0) is 4.74 Å². The molecule has 0 aliphatic carbocycles. The molecule has 1 aromatic heterocycles. The van der Waals surface area contributed by atoms with Crippen LogP contribution in [0.2, 0.25) is 0 Å². The molecule has 0 radical (unpaired) electrons. The van der Waals surface area contributed by atoms with Crippen molar-refractivity contribution >= 4 is 16.8 Å². The number of fused-ring (bicyclic) bond motifs is 1. The molecule has 0 bridgehead atoms. The Morgan fingerprint density at radius 1 is 1.43 bits per heavy atom. The highest BCUT2D eigenvalue weighted by atomic mass is 19.1. The van der Waals surface area contributed by atoms with E-state index in [-0.39, 0.29) is 16.9 Å². The van der Waals surface area contributed by atoms with E-state index in [1.807, 2.05) is 6.92 Å². The van der Waals surface area contributed by atoms with E-state index in [0.29, 0.717) is 30.7 Å². The van der Waals surface area contributed by atoms with E-state index in [0.717, 1.165) is 0 Å². The van der Waals surface area contributed by atoms with Gasteiger partial charge in [-0.3, -0.25) is 9.59 Å². The molecular weight excluding hydrogens is 275 g/mol. The lowest BCUT2D eigenvalue weighted by molar-refractivity contribution is -0.0978. The molecule has 0 saturated carbocycles. The molecule has 2 N–H and O–H groups in total. The molecule has 3 rings (SSSR count). The minimum absolute atomic E-state index is 0.0715. The molecule has 1 aromatic carbocycles. The fourth-order valence-corrected chi connectivity index (χ4v) is 2.36. The number of benzene rings is 1. The number of carbonyl (C=O) groups is 1. The molecule has 0 unspecified atom stereocenters. The van der Waals surface area contributed by atoms with E-state index in [9.17, 15) is 14.0 Å². The number of H-pyrrole nitrogens is 1. The van der Waals surface area contributed by atoms with Crippen molar-refractivity contribution in [2.24, 2.45) is 5.41 Å². The monoisotopic (exact) mass is 290 g/mol. The second-order valence-corrected chi connectivity index (χ2v) is 5.72. The first-order valence-corrected chi connectivity index (χ1v) is 6.65. The summed E-state index contributed by atoms with van der Waals surface area (Å²) in [7, 11) is 0. The van der Waals surface area contributed by atoms with Gasteiger partial charge in [-0.25, -0.2) is 4.39 Å². The van der Waals surface area contributed by atoms with E-state index in [1.54, 1.807) is 0 Å². The predicted molar refractivity (Wildman–Crippen MR) is 75.8 cm³/mol. The highest BCUT2D eigenvalue weighted by molar-refractivity contribution is 6.05. The van der Waals surface area contributed by atoms with E-state index in [1.165, 1.54) is 24.3 Å². The van der Waals surface area contributed by atoms with Crippen molar-refractivity contribution in [3.05, 3.63) is 46.0 Å². The van der Waals surface area contributed by atoms with Crippen molar-refractivity contribution in [2.75, 3.05) is 19.8 Å². The number of hydrogen-bond acceptors (Lipinski definition) is 3. The molecule has 110 valence electrons. The largest absolute Gasteiger partial charge is 0.380 e. The molecule has 2 aromatic rings. The maximum absolute atomic E-state index is 13.4. The molecule has 0 spiro atoms. The van der Waals surface area contributed by atoms with Crippen LogP contribution in [0.3, 0.4) is 0 Å². The van der Waals surface area contributed by atoms with Gasteiger partial charge in [-0.2, -0.15) is 0 Å². The van der Waals surface area contributed by atoms with Crippen LogP contribution in [0, 0.1) is 11.2 Å². The number of ether oxygens (including phenoxy) is 1. The van der Waals surface area contributed by atoms with Crippen LogP contribution in [-0.4, -0.2) is 30.6 Å². The molecule has 5 nitrogen and oxygen atoms in total. The Hall–Kier alpha value is -2.21. The number of hydrogen-bond donors (Lipinski definition) is 2. The van der Waals surface area contributed by atoms with Crippen LogP contribution < -0.4 is 10.9 Å². The normalized spacial score (nSPS) is 16.5. The highest BCUT2D eigenvalue weighted by Gasteiger charge is 2.33. The zero-order valence-electron chi connectivity index (χ0n) is 11.5. The quantitative estimate of drug-likeness (QED) is 0.898. The summed E-state index contributed by atoms with van der Waals surface area (Å²) in [5, 5.41) is 3.18. The first kappa shape index (κ1) is 13.8. The van der Waals surface area contributed by atoms with Crippen LogP contribution >= 0.6 is 0 Å². The van der Waals surface area contributed by atoms with Crippen LogP contribution in [0.15, 0.2) is 29.1 Å². The van der Waals surface area contributed by atoms with Crippen molar-refractivity contribution in [1.82, 2.24) is 10.3 Å². The van der Waals surface area contributed by atoms with Gasteiger partial charge in [0.1, 0.15) is 5.82 Å². The maximum Gasteiger partial charge on any atom is 0.252 e. The number of nitrogens with one attached hydrogen (secondary N) is 2. The SMILES string of the molecule is CC1(CNC(=O)c2cc(=O)[nH]c3ccc(F)cc23)COC1. The lowest BCUT2D eigenvalue weighted by Crippen LogP contribution is -2.48. The third-order valence-corrected chi connectivity index (χ3v) is 3.63. The average Bonchev–Trinajstić information content (AvgIpc) is 2.42. The van der Waals surface area contributed by atoms with Crippen molar-refractivity contribution in [1.29, 1.82) is 0 Å². The van der Waals surface area contributed by atoms with Crippen LogP contribution in [0.1, 0.15) is 17.3 Å². The summed E-state index contributed by atoms with van der Waals surface area (Å²) in [6.45, 7) is 3.65. The summed E-state index contributed by atoms with van der Waals surface area (Å²) in [6.07, 6.45) is 0. The Morgan fingerprint density at radius 2 is 2.19 bits per heavy atom. The fraction of sp³-hybridized carbons (Fsp3) is 0.333. The number of rotatable bonds is 3. The first-order chi connectivity index (χ1) is 9.97. The summed E-state index contributed by atoms with van der Waals surface area (Å²) in [6, 6.07) is 5.13. The van der Waals surface area contributed by atoms with Crippen LogP contribution in [0.4, 0.5) is 4.39 Å². The summed E-state index contributed by atoms with van der Waals surface area (Å²) < 4.78 is 18.5. The molecule has 1 amide bonds. The molecule has 1 saturated heterocycles. The van der Waals surface area contributed by atoms with Crippen LogP contribution in [0.25, 0.3) is 10.9 Å². The van der Waals surface area contributed by atoms with Gasteiger partial charge in [0.25, 0.3) is 5.91 Å². The van der Waals surface area contributed by atoms with Gasteiger partial charge in [-0.05, 0) is 18.2 Å². The fourth-order valence-electron chi connectivity index (χ4n) is 2.36. The third-order valence-electron chi connectivity index (χ3n) is 3.63. The summed E-state index contributed by atoms with van der Waals surface area (Å²) in [4.78, 5) is 26.5. The number of amides is 1. The maximum atomic E-state index is 13.4. The third kappa shape index (κ3) is 2.67. The number of halogens is 1. The van der Waals surface area contributed by atoms with Gasteiger partial charge < -0.3 is 15.0 Å². The average molecular weight is 290 g/mol. The van der Waals surface area contributed by atoms with Gasteiger partial charge >= 0.3 is 0 Å². The molecule has 21 heavy (non-hydrogen) atoms. The van der Waals surface area contributed by atoms with Crippen LogP contribution in [0.5, 0.6) is 0 Å². The standard InChI is InChI=1S/C15H15FN2O3/c1-15(7-21-8-15)6-17-14(20)11-5-13(19)18-12-3-2-9(16)4-10(11)12/h2-5H,6-8H2,1H3,(H,17,20)(H,18,19). The lowest BCUT2D eigenvalue weighted by Gasteiger charge is -2.38. The Bertz CT molecular complexity index is 765. The molecule has 0 atom stereocenters. The molecule has 1 aliphatic rings. The second-order valence-electron chi connectivity index (χ2n) is 5.72. The van der Waals surface area contributed by atoms with Gasteiger partial charge in [-0.15, -0.1) is 0 Å².